The number of amides is 2. The maximum atomic E-state index is 14.1. The predicted molar refractivity (Wildman–Crippen MR) is 98.9 cm³/mol. The van der Waals surface area contributed by atoms with E-state index >= 15 is 0 Å². The van der Waals surface area contributed by atoms with Crippen molar-refractivity contribution in [2.45, 2.75) is 19.3 Å². The lowest BCUT2D eigenvalue weighted by Gasteiger charge is -2.31. The van der Waals surface area contributed by atoms with Crippen molar-refractivity contribution in [1.82, 2.24) is 10.2 Å². The average molecular weight is 365 g/mol. The van der Waals surface area contributed by atoms with Crippen molar-refractivity contribution in [1.29, 1.82) is 0 Å². The minimum Gasteiger partial charge on any atom is -0.385 e. The van der Waals surface area contributed by atoms with Crippen molar-refractivity contribution in [3.8, 4) is 0 Å². The van der Waals surface area contributed by atoms with Gasteiger partial charge >= 0.3 is 0 Å². The summed E-state index contributed by atoms with van der Waals surface area (Å²) in [5.74, 6) is -0.636. The van der Waals surface area contributed by atoms with Gasteiger partial charge < -0.3 is 19.9 Å². The molecule has 2 rings (SSSR count). The maximum Gasteiger partial charge on any atom is 0.253 e. The highest BCUT2D eigenvalue weighted by atomic mass is 19.1. The molecule has 6 nitrogen and oxygen atoms in total. The summed E-state index contributed by atoms with van der Waals surface area (Å²) in [7, 11) is 5.14. The molecule has 1 aliphatic rings. The van der Waals surface area contributed by atoms with Crippen molar-refractivity contribution in [2.75, 3.05) is 52.3 Å². The fourth-order valence-electron chi connectivity index (χ4n) is 3.10. The van der Waals surface area contributed by atoms with Gasteiger partial charge in [0.25, 0.3) is 5.91 Å². The molecule has 1 aromatic rings. The van der Waals surface area contributed by atoms with Crippen LogP contribution in [0, 0.1) is 11.7 Å². The quantitative estimate of drug-likeness (QED) is 0.750. The summed E-state index contributed by atoms with van der Waals surface area (Å²) in [5.41, 5.74) is 0.793. The second-order valence-corrected chi connectivity index (χ2v) is 6.76. The van der Waals surface area contributed by atoms with Gasteiger partial charge in [0.15, 0.2) is 0 Å². The first-order chi connectivity index (χ1) is 12.4. The van der Waals surface area contributed by atoms with Gasteiger partial charge in [0.1, 0.15) is 5.82 Å². The molecule has 0 aromatic heterocycles. The first-order valence-electron chi connectivity index (χ1n) is 8.97. The Labute approximate surface area is 154 Å². The van der Waals surface area contributed by atoms with Crippen LogP contribution in [-0.2, 0) is 9.53 Å². The first kappa shape index (κ1) is 20.2. The summed E-state index contributed by atoms with van der Waals surface area (Å²) >= 11 is 0. The Bertz CT molecular complexity index is 628. The van der Waals surface area contributed by atoms with Crippen LogP contribution in [0.2, 0.25) is 0 Å². The Morgan fingerprint density at radius 3 is 2.58 bits per heavy atom. The number of nitrogens with zero attached hydrogens (tertiary/aromatic N) is 2. The van der Waals surface area contributed by atoms with Crippen molar-refractivity contribution in [3.05, 3.63) is 29.6 Å². The Kier molecular flexibility index (Phi) is 7.38. The standard InChI is InChI=1S/C19H28FN3O3/c1-22(2)17-6-5-15(13-16(17)20)19(25)23-10-7-14(8-11-23)18(24)21-9-4-12-26-3/h5-6,13-14H,4,7-12H2,1-3H3,(H,21,24). The van der Waals surface area contributed by atoms with E-state index in [4.69, 9.17) is 4.74 Å². The van der Waals surface area contributed by atoms with Crippen LogP contribution in [0.4, 0.5) is 10.1 Å². The fraction of sp³-hybridized carbons (Fsp3) is 0.579. The van der Waals surface area contributed by atoms with Crippen molar-refractivity contribution in [2.24, 2.45) is 5.92 Å². The minimum absolute atomic E-state index is 0.0367. The monoisotopic (exact) mass is 365 g/mol. The van der Waals surface area contributed by atoms with Crippen LogP contribution in [-0.4, -0.2) is 64.2 Å². The number of benzene rings is 1. The van der Waals surface area contributed by atoms with Crippen LogP contribution >= 0.6 is 0 Å². The van der Waals surface area contributed by atoms with Gasteiger partial charge in [-0.1, -0.05) is 0 Å². The molecule has 0 aliphatic carbocycles. The molecule has 1 heterocycles. The van der Waals surface area contributed by atoms with Gasteiger partial charge in [-0.25, -0.2) is 4.39 Å². The Morgan fingerprint density at radius 1 is 1.31 bits per heavy atom. The molecule has 0 spiro atoms. The van der Waals surface area contributed by atoms with Crippen LogP contribution in [0.15, 0.2) is 18.2 Å². The number of anilines is 1. The highest BCUT2D eigenvalue weighted by Gasteiger charge is 2.28. The van der Waals surface area contributed by atoms with E-state index in [-0.39, 0.29) is 17.7 Å². The lowest BCUT2D eigenvalue weighted by atomic mass is 9.95. The van der Waals surface area contributed by atoms with Gasteiger partial charge in [0.2, 0.25) is 5.91 Å². The Morgan fingerprint density at radius 2 is 2.00 bits per heavy atom. The molecule has 7 heteroatoms. The number of nitrogens with one attached hydrogen (secondary N) is 1. The van der Waals surface area contributed by atoms with E-state index in [2.05, 4.69) is 5.32 Å². The second kappa shape index (κ2) is 9.52. The third-order valence-corrected chi connectivity index (χ3v) is 4.65. The highest BCUT2D eigenvalue weighted by molar-refractivity contribution is 5.94. The third kappa shape index (κ3) is 5.17. The van der Waals surface area contributed by atoms with Crippen LogP contribution in [0.3, 0.4) is 0 Å². The Hall–Kier alpha value is -2.15. The van der Waals surface area contributed by atoms with Crippen molar-refractivity contribution >= 4 is 17.5 Å². The number of likely N-dealkylation sites (tertiary alicyclic amines) is 1. The topological polar surface area (TPSA) is 61.9 Å². The maximum absolute atomic E-state index is 14.1. The van der Waals surface area contributed by atoms with E-state index in [9.17, 15) is 14.0 Å². The molecule has 0 saturated carbocycles. The van der Waals surface area contributed by atoms with E-state index in [1.54, 1.807) is 43.1 Å². The number of piperidine rings is 1. The van der Waals surface area contributed by atoms with E-state index in [0.29, 0.717) is 50.3 Å². The van der Waals surface area contributed by atoms with E-state index in [0.717, 1.165) is 6.42 Å². The number of halogens is 1. The molecule has 0 bridgehead atoms. The summed E-state index contributed by atoms with van der Waals surface area (Å²) < 4.78 is 19.1. The molecule has 26 heavy (non-hydrogen) atoms. The molecule has 0 atom stereocenters. The van der Waals surface area contributed by atoms with E-state index in [1.165, 1.54) is 6.07 Å². The van der Waals surface area contributed by atoms with Crippen LogP contribution in [0.1, 0.15) is 29.6 Å². The molecule has 144 valence electrons. The zero-order valence-electron chi connectivity index (χ0n) is 15.8. The fourth-order valence-corrected chi connectivity index (χ4v) is 3.10. The number of carbonyl (C=O) groups excluding carboxylic acids is 2. The zero-order valence-corrected chi connectivity index (χ0v) is 15.8. The SMILES string of the molecule is COCCCNC(=O)C1CCN(C(=O)c2ccc(N(C)C)c(F)c2)CC1. The first-order valence-corrected chi connectivity index (χ1v) is 8.97. The summed E-state index contributed by atoms with van der Waals surface area (Å²) in [6.45, 7) is 2.23. The lowest BCUT2D eigenvalue weighted by molar-refractivity contribution is -0.126. The van der Waals surface area contributed by atoms with Gasteiger partial charge in [-0.05, 0) is 37.5 Å². The molecule has 1 N–H and O–H groups in total. The van der Waals surface area contributed by atoms with E-state index in [1.807, 2.05) is 0 Å². The van der Waals surface area contributed by atoms with E-state index < -0.39 is 5.82 Å². The van der Waals surface area contributed by atoms with Crippen LogP contribution in [0.25, 0.3) is 0 Å². The number of hydrogen-bond donors (Lipinski definition) is 1. The third-order valence-electron chi connectivity index (χ3n) is 4.65. The molecule has 1 aromatic carbocycles. The smallest absolute Gasteiger partial charge is 0.253 e. The van der Waals surface area contributed by atoms with Gasteiger partial charge in [-0.2, -0.15) is 0 Å². The molecule has 2 amide bonds. The molecule has 1 fully saturated rings. The predicted octanol–water partition coefficient (Wildman–Crippen LogP) is 1.90. The second-order valence-electron chi connectivity index (χ2n) is 6.76. The number of ether oxygens (including phenoxy) is 1. The molecular weight excluding hydrogens is 337 g/mol. The normalized spacial score (nSPS) is 15.0. The minimum atomic E-state index is -0.411. The van der Waals surface area contributed by atoms with Gasteiger partial charge in [0, 0.05) is 58.9 Å². The average Bonchev–Trinajstić information content (AvgIpc) is 2.64. The molecular formula is C19H28FN3O3. The van der Waals surface area contributed by atoms with Gasteiger partial charge in [-0.3, -0.25) is 9.59 Å². The van der Waals surface area contributed by atoms with Gasteiger partial charge in [-0.15, -0.1) is 0 Å². The lowest BCUT2D eigenvalue weighted by Crippen LogP contribution is -2.43. The number of rotatable bonds is 7. The number of hydrogen-bond acceptors (Lipinski definition) is 4. The van der Waals surface area contributed by atoms with Crippen LogP contribution < -0.4 is 10.2 Å². The van der Waals surface area contributed by atoms with Gasteiger partial charge in [0.05, 0.1) is 5.69 Å². The number of methoxy groups -OCH3 is 1. The molecule has 0 unspecified atom stereocenters. The van der Waals surface area contributed by atoms with Crippen molar-refractivity contribution in [3.63, 3.8) is 0 Å². The Balaban J connectivity index is 1.86. The summed E-state index contributed by atoms with van der Waals surface area (Å²) in [6, 6.07) is 4.55. The summed E-state index contributed by atoms with van der Waals surface area (Å²) in [5, 5.41) is 2.91. The largest absolute Gasteiger partial charge is 0.385 e. The molecule has 0 radical (unpaired) electrons. The van der Waals surface area contributed by atoms with Crippen LogP contribution in [0.5, 0.6) is 0 Å². The molecule has 1 aliphatic heterocycles. The molecule has 1 saturated heterocycles. The highest BCUT2D eigenvalue weighted by Crippen LogP contribution is 2.22. The summed E-state index contributed by atoms with van der Waals surface area (Å²) in [6.07, 6.45) is 2.04. The number of carbonyl (C=O) groups is 2. The summed E-state index contributed by atoms with van der Waals surface area (Å²) in [4.78, 5) is 28.1. The van der Waals surface area contributed by atoms with Crippen molar-refractivity contribution < 1.29 is 18.7 Å². The zero-order chi connectivity index (χ0) is 19.1.